The molecule has 0 saturated carbocycles. The van der Waals surface area contributed by atoms with E-state index in [-0.39, 0.29) is 11.8 Å². The first-order chi connectivity index (χ1) is 14.9. The van der Waals surface area contributed by atoms with Crippen LogP contribution in [0, 0.1) is 0 Å². The van der Waals surface area contributed by atoms with E-state index in [0.717, 1.165) is 21.2 Å². The summed E-state index contributed by atoms with van der Waals surface area (Å²) in [5.41, 5.74) is 1.56. The molecule has 2 amide bonds. The van der Waals surface area contributed by atoms with Crippen molar-refractivity contribution < 1.29 is 23.9 Å². The summed E-state index contributed by atoms with van der Waals surface area (Å²) >= 11 is 1.30. The fourth-order valence-corrected chi connectivity index (χ4v) is 5.06. The van der Waals surface area contributed by atoms with E-state index in [1.165, 1.54) is 32.5 Å². The number of hydrogen-bond acceptors (Lipinski definition) is 6. The highest BCUT2D eigenvalue weighted by molar-refractivity contribution is 7.17. The maximum Gasteiger partial charge on any atom is 0.341 e. The number of benzene rings is 2. The highest BCUT2D eigenvalue weighted by atomic mass is 32.1. The third-order valence-electron chi connectivity index (χ3n) is 5.43. The van der Waals surface area contributed by atoms with Gasteiger partial charge in [0.15, 0.2) is 0 Å². The van der Waals surface area contributed by atoms with Gasteiger partial charge in [-0.2, -0.15) is 0 Å². The van der Waals surface area contributed by atoms with Crippen molar-refractivity contribution in [2.75, 3.05) is 26.1 Å². The van der Waals surface area contributed by atoms with Gasteiger partial charge in [0, 0.05) is 18.3 Å². The number of esters is 1. The lowest BCUT2D eigenvalue weighted by molar-refractivity contribution is -0.129. The Morgan fingerprint density at radius 1 is 1.10 bits per heavy atom. The van der Waals surface area contributed by atoms with Gasteiger partial charge in [-0.05, 0) is 34.9 Å². The fraction of sp³-hybridized carbons (Fsp3) is 0.261. The summed E-state index contributed by atoms with van der Waals surface area (Å²) < 4.78 is 10.4. The predicted molar refractivity (Wildman–Crippen MR) is 119 cm³/mol. The Labute approximate surface area is 183 Å². The quantitative estimate of drug-likeness (QED) is 0.626. The number of anilines is 1. The number of carbonyl (C=O) groups excluding carboxylic acids is 3. The lowest BCUT2D eigenvalue weighted by Crippen LogP contribution is -2.33. The summed E-state index contributed by atoms with van der Waals surface area (Å²) in [5.74, 6) is -0.464. The van der Waals surface area contributed by atoms with Gasteiger partial charge in [-0.3, -0.25) is 9.59 Å². The number of nitrogens with one attached hydrogen (secondary N) is 1. The Bertz CT molecular complexity index is 1200. The molecule has 3 aromatic rings. The molecule has 0 unspecified atom stereocenters. The minimum Gasteiger partial charge on any atom is -0.496 e. The molecule has 160 valence electrons. The second-order valence-electron chi connectivity index (χ2n) is 7.24. The smallest absolute Gasteiger partial charge is 0.341 e. The summed E-state index contributed by atoms with van der Waals surface area (Å²) in [5, 5.41) is 5.16. The molecule has 8 heteroatoms. The SMILES string of the molecule is COC(=O)c1c(NC(=O)c2cc3ccccc3cc2OC)sc2c1CCN(C(C)=O)C2. The first-order valence-electron chi connectivity index (χ1n) is 9.79. The molecule has 1 aliphatic heterocycles. The molecule has 0 atom stereocenters. The zero-order chi connectivity index (χ0) is 22.1. The highest BCUT2D eigenvalue weighted by Gasteiger charge is 2.30. The fourth-order valence-electron chi connectivity index (χ4n) is 3.81. The first-order valence-corrected chi connectivity index (χ1v) is 10.6. The summed E-state index contributed by atoms with van der Waals surface area (Å²) in [6, 6.07) is 11.3. The topological polar surface area (TPSA) is 84.9 Å². The molecule has 0 fully saturated rings. The van der Waals surface area contributed by atoms with Gasteiger partial charge in [-0.15, -0.1) is 11.3 Å². The van der Waals surface area contributed by atoms with Gasteiger partial charge in [0.2, 0.25) is 5.91 Å². The number of fused-ring (bicyclic) bond motifs is 2. The largest absolute Gasteiger partial charge is 0.496 e. The molecule has 2 heterocycles. The van der Waals surface area contributed by atoms with Crippen molar-refractivity contribution in [1.29, 1.82) is 0 Å². The third kappa shape index (κ3) is 3.86. The zero-order valence-electron chi connectivity index (χ0n) is 17.5. The normalized spacial score (nSPS) is 12.9. The molecule has 0 radical (unpaired) electrons. The average Bonchev–Trinajstić information content (AvgIpc) is 3.14. The maximum atomic E-state index is 13.2. The minimum atomic E-state index is -0.505. The summed E-state index contributed by atoms with van der Waals surface area (Å²) in [6.07, 6.45) is 0.533. The van der Waals surface area contributed by atoms with Crippen LogP contribution >= 0.6 is 11.3 Å². The van der Waals surface area contributed by atoms with Gasteiger partial charge in [-0.1, -0.05) is 24.3 Å². The highest BCUT2D eigenvalue weighted by Crippen LogP contribution is 2.38. The Hall–Kier alpha value is -3.39. The zero-order valence-corrected chi connectivity index (χ0v) is 18.3. The van der Waals surface area contributed by atoms with Gasteiger partial charge in [0.25, 0.3) is 5.91 Å². The number of ether oxygens (including phenoxy) is 2. The number of hydrogen-bond donors (Lipinski definition) is 1. The summed E-state index contributed by atoms with van der Waals surface area (Å²) in [7, 11) is 2.83. The second-order valence-corrected chi connectivity index (χ2v) is 8.35. The molecular weight excluding hydrogens is 416 g/mol. The molecule has 0 aliphatic carbocycles. The lowest BCUT2D eigenvalue weighted by Gasteiger charge is -2.25. The number of thiophene rings is 1. The van der Waals surface area contributed by atoms with E-state index >= 15 is 0 Å². The number of rotatable bonds is 4. The van der Waals surface area contributed by atoms with E-state index in [1.54, 1.807) is 11.0 Å². The summed E-state index contributed by atoms with van der Waals surface area (Å²) in [6.45, 7) is 2.46. The van der Waals surface area contributed by atoms with Crippen LogP contribution < -0.4 is 10.1 Å². The van der Waals surface area contributed by atoms with E-state index in [1.807, 2.05) is 30.3 Å². The first kappa shape index (κ1) is 20.9. The van der Waals surface area contributed by atoms with Crippen molar-refractivity contribution in [2.45, 2.75) is 19.9 Å². The number of amides is 2. The Morgan fingerprint density at radius 2 is 1.81 bits per heavy atom. The van der Waals surface area contributed by atoms with Crippen LogP contribution in [0.5, 0.6) is 5.75 Å². The van der Waals surface area contributed by atoms with Crippen LogP contribution in [0.2, 0.25) is 0 Å². The van der Waals surface area contributed by atoms with E-state index in [2.05, 4.69) is 5.32 Å². The molecule has 2 aromatic carbocycles. The van der Waals surface area contributed by atoms with Crippen molar-refractivity contribution in [3.8, 4) is 5.75 Å². The van der Waals surface area contributed by atoms with Crippen LogP contribution in [-0.4, -0.2) is 43.4 Å². The predicted octanol–water partition coefficient (Wildman–Crippen LogP) is 3.85. The standard InChI is InChI=1S/C23H22N2O5S/c1-13(26)25-9-8-16-19(12-25)31-22(20(16)23(28)30-3)24-21(27)17-10-14-6-4-5-7-15(14)11-18(17)29-2/h4-7,10-11H,8-9,12H2,1-3H3,(H,24,27). The van der Waals surface area contributed by atoms with Gasteiger partial charge in [0.05, 0.1) is 31.9 Å². The van der Waals surface area contributed by atoms with E-state index < -0.39 is 5.97 Å². The number of nitrogens with zero attached hydrogens (tertiary/aromatic N) is 1. The minimum absolute atomic E-state index is 0.0230. The van der Waals surface area contributed by atoms with Gasteiger partial charge >= 0.3 is 5.97 Å². The van der Waals surface area contributed by atoms with Gasteiger partial charge in [0.1, 0.15) is 10.8 Å². The molecule has 31 heavy (non-hydrogen) atoms. The van der Waals surface area contributed by atoms with E-state index in [4.69, 9.17) is 9.47 Å². The van der Waals surface area contributed by atoms with Crippen LogP contribution in [0.15, 0.2) is 36.4 Å². The van der Waals surface area contributed by atoms with Crippen molar-refractivity contribution in [3.05, 3.63) is 58.0 Å². The van der Waals surface area contributed by atoms with Crippen LogP contribution in [-0.2, 0) is 22.5 Å². The van der Waals surface area contributed by atoms with Crippen molar-refractivity contribution in [1.82, 2.24) is 4.90 Å². The van der Waals surface area contributed by atoms with Crippen LogP contribution in [0.25, 0.3) is 10.8 Å². The average molecular weight is 439 g/mol. The number of methoxy groups -OCH3 is 2. The molecule has 1 aromatic heterocycles. The Balaban J connectivity index is 1.72. The van der Waals surface area contributed by atoms with E-state index in [9.17, 15) is 14.4 Å². The molecule has 4 rings (SSSR count). The molecular formula is C23H22N2O5S. The lowest BCUT2D eigenvalue weighted by atomic mass is 10.0. The Kier molecular flexibility index (Phi) is 5.65. The van der Waals surface area contributed by atoms with E-state index in [0.29, 0.717) is 41.4 Å². The molecule has 7 nitrogen and oxygen atoms in total. The third-order valence-corrected chi connectivity index (χ3v) is 6.56. The number of carbonyl (C=O) groups is 3. The molecule has 1 aliphatic rings. The van der Waals surface area contributed by atoms with Crippen LogP contribution in [0.4, 0.5) is 5.00 Å². The monoisotopic (exact) mass is 438 g/mol. The van der Waals surface area contributed by atoms with Crippen LogP contribution in [0.1, 0.15) is 38.1 Å². The maximum absolute atomic E-state index is 13.2. The van der Waals surface area contributed by atoms with Crippen molar-refractivity contribution >= 4 is 44.9 Å². The van der Waals surface area contributed by atoms with Gasteiger partial charge < -0.3 is 19.7 Å². The molecule has 0 spiro atoms. The Morgan fingerprint density at radius 3 is 2.45 bits per heavy atom. The van der Waals surface area contributed by atoms with Crippen molar-refractivity contribution in [2.24, 2.45) is 0 Å². The summed E-state index contributed by atoms with van der Waals surface area (Å²) in [4.78, 5) is 40.1. The van der Waals surface area contributed by atoms with Crippen molar-refractivity contribution in [3.63, 3.8) is 0 Å². The molecule has 1 N–H and O–H groups in total. The second kappa shape index (κ2) is 8.39. The molecule has 0 bridgehead atoms. The van der Waals surface area contributed by atoms with Gasteiger partial charge in [-0.25, -0.2) is 4.79 Å². The van der Waals surface area contributed by atoms with Crippen LogP contribution in [0.3, 0.4) is 0 Å². The molecule has 0 saturated heterocycles.